The summed E-state index contributed by atoms with van der Waals surface area (Å²) in [5.41, 5.74) is 5.06. The molecule has 0 spiro atoms. The maximum absolute atomic E-state index is 11.9. The van der Waals surface area contributed by atoms with Crippen LogP contribution in [0.25, 0.3) is 0 Å². The summed E-state index contributed by atoms with van der Waals surface area (Å²) < 4.78 is 0. The lowest BCUT2D eigenvalue weighted by Gasteiger charge is -2.20. The molecule has 0 saturated heterocycles. The molecule has 3 amide bonds. The zero-order chi connectivity index (χ0) is 14.1. The van der Waals surface area contributed by atoms with Gasteiger partial charge < -0.3 is 16.4 Å². The van der Waals surface area contributed by atoms with E-state index in [2.05, 4.69) is 24.5 Å². The van der Waals surface area contributed by atoms with Gasteiger partial charge in [0.1, 0.15) is 6.04 Å². The standard InChI is InChI=1S/C13H27N3O2/c1-5-6-11(16-13(14)18)12(17)15-10(4)8-7-9(2)3/h9-11H,5-8H2,1-4H3,(H,15,17)(H3,14,16,18)/t10-,11+/m1/s1. The van der Waals surface area contributed by atoms with E-state index in [-0.39, 0.29) is 11.9 Å². The topological polar surface area (TPSA) is 84.2 Å². The summed E-state index contributed by atoms with van der Waals surface area (Å²) in [6, 6.07) is -1.05. The Labute approximate surface area is 110 Å². The fourth-order valence-corrected chi connectivity index (χ4v) is 1.73. The van der Waals surface area contributed by atoms with Gasteiger partial charge in [0.2, 0.25) is 5.91 Å². The van der Waals surface area contributed by atoms with Crippen LogP contribution in [0.3, 0.4) is 0 Å². The third kappa shape index (κ3) is 7.92. The monoisotopic (exact) mass is 257 g/mol. The molecule has 0 heterocycles. The number of nitrogens with one attached hydrogen (secondary N) is 2. The molecule has 0 bridgehead atoms. The summed E-state index contributed by atoms with van der Waals surface area (Å²) >= 11 is 0. The molecule has 0 radical (unpaired) electrons. The van der Waals surface area contributed by atoms with Crippen LogP contribution in [0.4, 0.5) is 4.79 Å². The van der Waals surface area contributed by atoms with Crippen LogP contribution in [0.5, 0.6) is 0 Å². The third-order valence-corrected chi connectivity index (χ3v) is 2.78. The van der Waals surface area contributed by atoms with Crippen molar-refractivity contribution >= 4 is 11.9 Å². The third-order valence-electron chi connectivity index (χ3n) is 2.78. The Kier molecular flexibility index (Phi) is 8.16. The molecule has 0 aromatic heterocycles. The average molecular weight is 257 g/mol. The summed E-state index contributed by atoms with van der Waals surface area (Å²) in [5.74, 6) is 0.478. The van der Waals surface area contributed by atoms with E-state index in [1.165, 1.54) is 0 Å². The minimum atomic E-state index is -0.654. The van der Waals surface area contributed by atoms with Crippen molar-refractivity contribution in [1.29, 1.82) is 0 Å². The number of carbonyl (C=O) groups excluding carboxylic acids is 2. The van der Waals surface area contributed by atoms with E-state index in [1.54, 1.807) is 0 Å². The van der Waals surface area contributed by atoms with Crippen molar-refractivity contribution in [2.75, 3.05) is 0 Å². The first kappa shape index (κ1) is 16.7. The zero-order valence-corrected chi connectivity index (χ0v) is 12.0. The fraction of sp³-hybridized carbons (Fsp3) is 0.846. The van der Waals surface area contributed by atoms with Crippen LogP contribution >= 0.6 is 0 Å². The lowest BCUT2D eigenvalue weighted by molar-refractivity contribution is -0.123. The SMILES string of the molecule is CCC[C@H](NC(N)=O)C(=O)N[C@H](C)CCC(C)C. The predicted molar refractivity (Wildman–Crippen MR) is 73.1 cm³/mol. The molecule has 106 valence electrons. The molecular weight excluding hydrogens is 230 g/mol. The van der Waals surface area contributed by atoms with Crippen molar-refractivity contribution in [1.82, 2.24) is 10.6 Å². The number of hydrogen-bond donors (Lipinski definition) is 3. The van der Waals surface area contributed by atoms with Gasteiger partial charge in [0, 0.05) is 6.04 Å². The maximum atomic E-state index is 11.9. The molecule has 0 aliphatic heterocycles. The molecular formula is C13H27N3O2. The van der Waals surface area contributed by atoms with Crippen LogP contribution in [-0.4, -0.2) is 24.0 Å². The second-order valence-corrected chi connectivity index (χ2v) is 5.23. The largest absolute Gasteiger partial charge is 0.352 e. The zero-order valence-electron chi connectivity index (χ0n) is 12.0. The molecule has 0 unspecified atom stereocenters. The Bertz CT molecular complexity index is 267. The van der Waals surface area contributed by atoms with Crippen molar-refractivity contribution in [3.8, 4) is 0 Å². The maximum Gasteiger partial charge on any atom is 0.312 e. The van der Waals surface area contributed by atoms with Gasteiger partial charge in [-0.05, 0) is 32.1 Å². The number of amides is 3. The summed E-state index contributed by atoms with van der Waals surface area (Å²) in [4.78, 5) is 22.8. The van der Waals surface area contributed by atoms with Crippen molar-refractivity contribution in [3.63, 3.8) is 0 Å². The van der Waals surface area contributed by atoms with Crippen molar-refractivity contribution in [2.24, 2.45) is 11.7 Å². The highest BCUT2D eigenvalue weighted by atomic mass is 16.2. The first-order valence-electron chi connectivity index (χ1n) is 6.73. The highest BCUT2D eigenvalue weighted by molar-refractivity contribution is 5.86. The second-order valence-electron chi connectivity index (χ2n) is 5.23. The number of hydrogen-bond acceptors (Lipinski definition) is 2. The summed E-state index contributed by atoms with van der Waals surface area (Å²) in [6.07, 6.45) is 3.44. The molecule has 0 aromatic rings. The van der Waals surface area contributed by atoms with Gasteiger partial charge in [-0.15, -0.1) is 0 Å². The molecule has 0 rings (SSSR count). The Hall–Kier alpha value is -1.26. The van der Waals surface area contributed by atoms with Gasteiger partial charge >= 0.3 is 6.03 Å². The number of primary amides is 1. The van der Waals surface area contributed by atoms with Gasteiger partial charge in [-0.2, -0.15) is 0 Å². The number of rotatable bonds is 8. The first-order valence-corrected chi connectivity index (χ1v) is 6.73. The normalized spacial score (nSPS) is 14.1. The van der Waals surface area contributed by atoms with E-state index >= 15 is 0 Å². The molecule has 0 aromatic carbocycles. The highest BCUT2D eigenvalue weighted by Gasteiger charge is 2.20. The molecule has 18 heavy (non-hydrogen) atoms. The Balaban J connectivity index is 4.19. The first-order chi connectivity index (χ1) is 8.36. The molecule has 0 aliphatic carbocycles. The number of urea groups is 1. The van der Waals surface area contributed by atoms with Crippen molar-refractivity contribution in [3.05, 3.63) is 0 Å². The van der Waals surface area contributed by atoms with E-state index in [4.69, 9.17) is 5.73 Å². The summed E-state index contributed by atoms with van der Waals surface area (Å²) in [5, 5.41) is 5.39. The van der Waals surface area contributed by atoms with Crippen molar-refractivity contribution in [2.45, 2.75) is 65.5 Å². The molecule has 5 heteroatoms. The molecule has 2 atom stereocenters. The van der Waals surface area contributed by atoms with Gasteiger partial charge in [-0.3, -0.25) is 4.79 Å². The number of carbonyl (C=O) groups is 2. The van der Waals surface area contributed by atoms with E-state index < -0.39 is 12.1 Å². The highest BCUT2D eigenvalue weighted by Crippen LogP contribution is 2.07. The van der Waals surface area contributed by atoms with E-state index in [1.807, 2.05) is 13.8 Å². The van der Waals surface area contributed by atoms with Gasteiger partial charge in [-0.25, -0.2) is 4.79 Å². The lowest BCUT2D eigenvalue weighted by Crippen LogP contribution is -2.50. The van der Waals surface area contributed by atoms with Crippen LogP contribution in [0, 0.1) is 5.92 Å². The van der Waals surface area contributed by atoms with Crippen LogP contribution in [-0.2, 0) is 4.79 Å². The van der Waals surface area contributed by atoms with E-state index in [0.29, 0.717) is 12.3 Å². The molecule has 0 aliphatic rings. The molecule has 5 nitrogen and oxygen atoms in total. The van der Waals surface area contributed by atoms with Crippen LogP contribution in [0.2, 0.25) is 0 Å². The minimum absolute atomic E-state index is 0.119. The Morgan fingerprint density at radius 3 is 2.11 bits per heavy atom. The van der Waals surface area contributed by atoms with Crippen LogP contribution < -0.4 is 16.4 Å². The smallest absolute Gasteiger partial charge is 0.312 e. The fourth-order valence-electron chi connectivity index (χ4n) is 1.73. The van der Waals surface area contributed by atoms with Gasteiger partial charge in [0.15, 0.2) is 0 Å². The summed E-state index contributed by atoms with van der Waals surface area (Å²) in [7, 11) is 0. The van der Waals surface area contributed by atoms with Gasteiger partial charge in [-0.1, -0.05) is 27.2 Å². The van der Waals surface area contributed by atoms with E-state index in [9.17, 15) is 9.59 Å². The average Bonchev–Trinajstić information content (AvgIpc) is 2.25. The van der Waals surface area contributed by atoms with Crippen LogP contribution in [0.1, 0.15) is 53.4 Å². The molecule has 0 fully saturated rings. The lowest BCUT2D eigenvalue weighted by atomic mass is 10.0. The molecule has 4 N–H and O–H groups in total. The molecule has 0 saturated carbocycles. The second kappa shape index (κ2) is 8.78. The van der Waals surface area contributed by atoms with Gasteiger partial charge in [0.25, 0.3) is 0 Å². The number of nitrogens with two attached hydrogens (primary N) is 1. The van der Waals surface area contributed by atoms with E-state index in [0.717, 1.165) is 19.3 Å². The van der Waals surface area contributed by atoms with Crippen LogP contribution in [0.15, 0.2) is 0 Å². The predicted octanol–water partition coefficient (Wildman–Crippen LogP) is 1.76. The minimum Gasteiger partial charge on any atom is -0.352 e. The Morgan fingerprint density at radius 2 is 1.67 bits per heavy atom. The van der Waals surface area contributed by atoms with Crippen molar-refractivity contribution < 1.29 is 9.59 Å². The Morgan fingerprint density at radius 1 is 1.06 bits per heavy atom. The van der Waals surface area contributed by atoms with Gasteiger partial charge in [0.05, 0.1) is 0 Å². The quantitative estimate of drug-likeness (QED) is 0.619. The summed E-state index contributed by atoms with van der Waals surface area (Å²) in [6.45, 7) is 8.25.